The number of hydrogen-bond donors (Lipinski definition) is 1. The van der Waals surface area contributed by atoms with Crippen LogP contribution in [-0.2, 0) is 4.74 Å². The molecule has 0 aliphatic carbocycles. The van der Waals surface area contributed by atoms with Gasteiger partial charge in [0.25, 0.3) is 0 Å². The van der Waals surface area contributed by atoms with Crippen molar-refractivity contribution in [1.29, 1.82) is 0 Å². The van der Waals surface area contributed by atoms with Crippen LogP contribution in [-0.4, -0.2) is 13.7 Å². The molecule has 2 nitrogen and oxygen atoms in total. The van der Waals surface area contributed by atoms with Gasteiger partial charge in [-0.3, -0.25) is 0 Å². The summed E-state index contributed by atoms with van der Waals surface area (Å²) < 4.78 is 18.6. The first-order valence-electron chi connectivity index (χ1n) is 5.96. The molecule has 1 N–H and O–H groups in total. The Hall–Kier alpha value is -1.58. The zero-order chi connectivity index (χ0) is 13.7. The van der Waals surface area contributed by atoms with Crippen LogP contribution in [0, 0.1) is 5.82 Å². The lowest BCUT2D eigenvalue weighted by Gasteiger charge is -2.19. The average molecular weight is 280 g/mol. The van der Waals surface area contributed by atoms with E-state index < -0.39 is 5.82 Å². The molecule has 100 valence electrons. The summed E-state index contributed by atoms with van der Waals surface area (Å²) in [5.41, 5.74) is 1.76. The number of anilines is 1. The van der Waals surface area contributed by atoms with Crippen molar-refractivity contribution in [3.63, 3.8) is 0 Å². The lowest BCUT2D eigenvalue weighted by atomic mass is 10.1. The summed E-state index contributed by atoms with van der Waals surface area (Å²) in [7, 11) is 1.64. The molecule has 0 spiro atoms. The first-order chi connectivity index (χ1) is 9.20. The van der Waals surface area contributed by atoms with Crippen LogP contribution in [0.5, 0.6) is 0 Å². The van der Waals surface area contributed by atoms with Gasteiger partial charge in [0.15, 0.2) is 0 Å². The van der Waals surface area contributed by atoms with Crippen molar-refractivity contribution < 1.29 is 9.13 Å². The molecule has 2 aromatic carbocycles. The zero-order valence-electron chi connectivity index (χ0n) is 10.6. The molecule has 0 aromatic heterocycles. The molecule has 0 amide bonds. The maximum atomic E-state index is 13.4. The van der Waals surface area contributed by atoms with E-state index in [0.717, 1.165) is 5.56 Å². The fraction of sp³-hybridized carbons (Fsp3) is 0.200. The molecule has 2 rings (SSSR count). The second kappa shape index (κ2) is 6.55. The summed E-state index contributed by atoms with van der Waals surface area (Å²) in [5.74, 6) is -0.434. The van der Waals surface area contributed by atoms with Gasteiger partial charge in [-0.2, -0.15) is 0 Å². The molecule has 0 bridgehead atoms. The highest BCUT2D eigenvalue weighted by atomic mass is 35.5. The van der Waals surface area contributed by atoms with Crippen LogP contribution in [0.25, 0.3) is 0 Å². The SMILES string of the molecule is COCC(Nc1ccc(Cl)c(F)c1)c1ccccc1. The molecule has 2 aromatic rings. The predicted molar refractivity (Wildman–Crippen MR) is 76.1 cm³/mol. The summed E-state index contributed by atoms with van der Waals surface area (Å²) in [6.45, 7) is 0.494. The first kappa shape index (κ1) is 13.8. The Bertz CT molecular complexity index is 533. The van der Waals surface area contributed by atoms with Crippen LogP contribution in [0.2, 0.25) is 5.02 Å². The van der Waals surface area contributed by atoms with Gasteiger partial charge in [-0.1, -0.05) is 41.9 Å². The van der Waals surface area contributed by atoms with E-state index in [1.807, 2.05) is 30.3 Å². The molecule has 1 atom stereocenters. The normalized spacial score (nSPS) is 12.2. The number of nitrogens with one attached hydrogen (secondary N) is 1. The number of halogens is 2. The minimum Gasteiger partial charge on any atom is -0.382 e. The Kier molecular flexibility index (Phi) is 4.77. The highest BCUT2D eigenvalue weighted by Crippen LogP contribution is 2.23. The van der Waals surface area contributed by atoms with Crippen molar-refractivity contribution in [1.82, 2.24) is 0 Å². The third-order valence-corrected chi connectivity index (χ3v) is 3.10. The van der Waals surface area contributed by atoms with E-state index in [1.165, 1.54) is 12.1 Å². The Morgan fingerprint density at radius 1 is 1.21 bits per heavy atom. The number of ether oxygens (including phenoxy) is 1. The summed E-state index contributed by atoms with van der Waals surface area (Å²) >= 11 is 5.67. The van der Waals surface area contributed by atoms with E-state index >= 15 is 0 Å². The standard InChI is InChI=1S/C15H15ClFNO/c1-19-10-15(11-5-3-2-4-6-11)18-12-7-8-13(16)14(17)9-12/h2-9,15,18H,10H2,1H3. The number of rotatable bonds is 5. The molecular weight excluding hydrogens is 265 g/mol. The van der Waals surface area contributed by atoms with Crippen LogP contribution in [0.4, 0.5) is 10.1 Å². The van der Waals surface area contributed by atoms with Crippen molar-refractivity contribution in [3.05, 3.63) is 64.9 Å². The molecule has 0 aliphatic rings. The van der Waals surface area contributed by atoms with Crippen LogP contribution in [0.1, 0.15) is 11.6 Å². The molecule has 4 heteroatoms. The van der Waals surface area contributed by atoms with Crippen LogP contribution < -0.4 is 5.32 Å². The highest BCUT2D eigenvalue weighted by Gasteiger charge is 2.11. The fourth-order valence-electron chi connectivity index (χ4n) is 1.86. The Morgan fingerprint density at radius 3 is 2.58 bits per heavy atom. The summed E-state index contributed by atoms with van der Waals surface area (Å²) in [6, 6.07) is 14.5. The minimum atomic E-state index is -0.434. The summed E-state index contributed by atoms with van der Waals surface area (Å²) in [4.78, 5) is 0. The summed E-state index contributed by atoms with van der Waals surface area (Å²) in [6.07, 6.45) is 0. The second-order valence-electron chi connectivity index (χ2n) is 4.19. The van der Waals surface area contributed by atoms with Crippen LogP contribution >= 0.6 is 11.6 Å². The highest BCUT2D eigenvalue weighted by molar-refractivity contribution is 6.30. The molecule has 1 unspecified atom stereocenters. The fourth-order valence-corrected chi connectivity index (χ4v) is 1.98. The van der Waals surface area contributed by atoms with Gasteiger partial charge in [0.1, 0.15) is 5.82 Å². The maximum absolute atomic E-state index is 13.4. The average Bonchev–Trinajstić information content (AvgIpc) is 2.43. The molecule has 0 heterocycles. The quantitative estimate of drug-likeness (QED) is 0.882. The van der Waals surface area contributed by atoms with E-state index in [4.69, 9.17) is 16.3 Å². The van der Waals surface area contributed by atoms with Crippen molar-refractivity contribution in [3.8, 4) is 0 Å². The van der Waals surface area contributed by atoms with Gasteiger partial charge in [-0.25, -0.2) is 4.39 Å². The zero-order valence-corrected chi connectivity index (χ0v) is 11.3. The minimum absolute atomic E-state index is 0.0354. The molecule has 0 saturated heterocycles. The molecule has 19 heavy (non-hydrogen) atoms. The van der Waals surface area contributed by atoms with Crippen molar-refractivity contribution in [2.45, 2.75) is 6.04 Å². The molecule has 0 fully saturated rings. The Labute approximate surface area is 117 Å². The van der Waals surface area contributed by atoms with E-state index in [9.17, 15) is 4.39 Å². The third kappa shape index (κ3) is 3.69. The number of benzene rings is 2. The van der Waals surface area contributed by atoms with Gasteiger partial charge >= 0.3 is 0 Å². The Morgan fingerprint density at radius 2 is 1.95 bits per heavy atom. The van der Waals surface area contributed by atoms with Gasteiger partial charge in [-0.15, -0.1) is 0 Å². The lowest BCUT2D eigenvalue weighted by molar-refractivity contribution is 0.186. The molecular formula is C15H15ClFNO. The first-order valence-corrected chi connectivity index (χ1v) is 6.34. The molecule has 0 saturated carbocycles. The van der Waals surface area contributed by atoms with E-state index in [0.29, 0.717) is 12.3 Å². The van der Waals surface area contributed by atoms with E-state index in [1.54, 1.807) is 13.2 Å². The van der Waals surface area contributed by atoms with E-state index in [2.05, 4.69) is 5.32 Å². The topological polar surface area (TPSA) is 21.3 Å². The lowest BCUT2D eigenvalue weighted by Crippen LogP contribution is -2.16. The smallest absolute Gasteiger partial charge is 0.143 e. The van der Waals surface area contributed by atoms with Gasteiger partial charge in [0.2, 0.25) is 0 Å². The molecule has 0 radical (unpaired) electrons. The van der Waals surface area contributed by atoms with Gasteiger partial charge in [0, 0.05) is 12.8 Å². The van der Waals surface area contributed by atoms with Crippen molar-refractivity contribution in [2.75, 3.05) is 19.0 Å². The maximum Gasteiger partial charge on any atom is 0.143 e. The Balaban J connectivity index is 2.19. The summed E-state index contributed by atoms with van der Waals surface area (Å²) in [5, 5.41) is 3.36. The second-order valence-corrected chi connectivity index (χ2v) is 4.60. The van der Waals surface area contributed by atoms with Gasteiger partial charge < -0.3 is 10.1 Å². The third-order valence-electron chi connectivity index (χ3n) is 2.80. The van der Waals surface area contributed by atoms with Crippen LogP contribution in [0.15, 0.2) is 48.5 Å². The predicted octanol–water partition coefficient (Wildman–Crippen LogP) is 4.28. The van der Waals surface area contributed by atoms with Gasteiger partial charge in [-0.05, 0) is 23.8 Å². The monoisotopic (exact) mass is 279 g/mol. The van der Waals surface area contributed by atoms with Crippen molar-refractivity contribution in [2.24, 2.45) is 0 Å². The molecule has 0 aliphatic heterocycles. The van der Waals surface area contributed by atoms with E-state index in [-0.39, 0.29) is 11.1 Å². The van der Waals surface area contributed by atoms with Crippen molar-refractivity contribution >= 4 is 17.3 Å². The van der Waals surface area contributed by atoms with Gasteiger partial charge in [0.05, 0.1) is 17.7 Å². The number of methoxy groups -OCH3 is 1. The largest absolute Gasteiger partial charge is 0.382 e. The van der Waals surface area contributed by atoms with Crippen LogP contribution in [0.3, 0.4) is 0 Å². The number of hydrogen-bond acceptors (Lipinski definition) is 2.